The van der Waals surface area contributed by atoms with Crippen LogP contribution in [0.1, 0.15) is 17.5 Å². The van der Waals surface area contributed by atoms with Crippen molar-refractivity contribution in [1.29, 1.82) is 0 Å². The number of hydrogen-bond acceptors (Lipinski definition) is 4. The average molecular weight is 465 g/mol. The van der Waals surface area contributed by atoms with Gasteiger partial charge in [-0.15, -0.1) is 0 Å². The van der Waals surface area contributed by atoms with E-state index in [4.69, 9.17) is 4.74 Å². The zero-order chi connectivity index (χ0) is 21.3. The van der Waals surface area contributed by atoms with Crippen molar-refractivity contribution in [2.75, 3.05) is 10.2 Å². The Bertz CT molecular complexity index is 1090. The van der Waals surface area contributed by atoms with Gasteiger partial charge in [-0.25, -0.2) is 4.90 Å². The van der Waals surface area contributed by atoms with Gasteiger partial charge in [-0.2, -0.15) is 0 Å². The molecular formula is C24H21BrN2O3. The average Bonchev–Trinajstić information content (AvgIpc) is 2.99. The molecule has 1 saturated heterocycles. The molecule has 0 unspecified atom stereocenters. The molecular weight excluding hydrogens is 444 g/mol. The third-order valence-corrected chi connectivity index (χ3v) is 5.51. The van der Waals surface area contributed by atoms with Crippen LogP contribution in [-0.2, 0) is 9.59 Å². The molecule has 0 aliphatic carbocycles. The van der Waals surface area contributed by atoms with Crippen LogP contribution in [0.4, 0.5) is 11.4 Å². The molecule has 1 fully saturated rings. The van der Waals surface area contributed by atoms with E-state index in [1.165, 1.54) is 4.90 Å². The molecule has 1 heterocycles. The van der Waals surface area contributed by atoms with Gasteiger partial charge in [-0.1, -0.05) is 33.6 Å². The maximum Gasteiger partial charge on any atom is 0.256 e. The van der Waals surface area contributed by atoms with Crippen LogP contribution < -0.4 is 15.0 Å². The number of carbonyl (C=O) groups is 2. The molecule has 5 nitrogen and oxygen atoms in total. The van der Waals surface area contributed by atoms with Crippen molar-refractivity contribution >= 4 is 39.1 Å². The highest BCUT2D eigenvalue weighted by molar-refractivity contribution is 9.10. The number of rotatable bonds is 5. The van der Waals surface area contributed by atoms with Gasteiger partial charge in [0.05, 0.1) is 12.1 Å². The molecule has 1 N–H and O–H groups in total. The number of aryl methyl sites for hydroxylation is 2. The van der Waals surface area contributed by atoms with Crippen molar-refractivity contribution < 1.29 is 14.3 Å². The summed E-state index contributed by atoms with van der Waals surface area (Å²) in [6.07, 6.45) is 0.128. The summed E-state index contributed by atoms with van der Waals surface area (Å²) in [5.74, 6) is 0.995. The Morgan fingerprint density at radius 1 is 0.933 bits per heavy atom. The zero-order valence-electron chi connectivity index (χ0n) is 16.7. The summed E-state index contributed by atoms with van der Waals surface area (Å²) in [6, 6.07) is 20.0. The van der Waals surface area contributed by atoms with E-state index in [1.807, 2.05) is 80.6 Å². The highest BCUT2D eigenvalue weighted by Crippen LogP contribution is 2.29. The number of carbonyl (C=O) groups excluding carboxylic acids is 2. The lowest BCUT2D eigenvalue weighted by atomic mass is 10.1. The lowest BCUT2D eigenvalue weighted by Crippen LogP contribution is -2.35. The van der Waals surface area contributed by atoms with Crippen LogP contribution in [0, 0.1) is 13.8 Å². The van der Waals surface area contributed by atoms with Gasteiger partial charge in [0.1, 0.15) is 17.5 Å². The molecule has 152 valence electrons. The number of hydrogen-bond donors (Lipinski definition) is 1. The van der Waals surface area contributed by atoms with E-state index >= 15 is 0 Å². The molecule has 0 aromatic heterocycles. The van der Waals surface area contributed by atoms with Crippen LogP contribution in [0.2, 0.25) is 0 Å². The summed E-state index contributed by atoms with van der Waals surface area (Å²) >= 11 is 3.40. The molecule has 6 heteroatoms. The van der Waals surface area contributed by atoms with Crippen molar-refractivity contribution in [1.82, 2.24) is 0 Å². The summed E-state index contributed by atoms with van der Waals surface area (Å²) in [5, 5.41) is 3.18. The first-order valence-corrected chi connectivity index (χ1v) is 10.4. The van der Waals surface area contributed by atoms with Crippen molar-refractivity contribution in [3.05, 3.63) is 82.3 Å². The second kappa shape index (κ2) is 8.32. The van der Waals surface area contributed by atoms with E-state index < -0.39 is 6.04 Å². The summed E-state index contributed by atoms with van der Waals surface area (Å²) in [5.41, 5.74) is 3.41. The Labute approximate surface area is 183 Å². The van der Waals surface area contributed by atoms with Crippen LogP contribution in [0.15, 0.2) is 71.2 Å². The van der Waals surface area contributed by atoms with Crippen LogP contribution in [-0.4, -0.2) is 17.9 Å². The lowest BCUT2D eigenvalue weighted by Gasteiger charge is -2.18. The van der Waals surface area contributed by atoms with Crippen LogP contribution in [0.5, 0.6) is 11.5 Å². The molecule has 3 aromatic rings. The summed E-state index contributed by atoms with van der Waals surface area (Å²) in [6.45, 7) is 3.90. The fourth-order valence-corrected chi connectivity index (χ4v) is 3.78. The molecule has 2 amide bonds. The van der Waals surface area contributed by atoms with Gasteiger partial charge in [-0.3, -0.25) is 9.59 Å². The molecule has 0 radical (unpaired) electrons. The topological polar surface area (TPSA) is 58.6 Å². The Hall–Kier alpha value is -3.12. The quantitative estimate of drug-likeness (QED) is 0.499. The molecule has 1 aliphatic heterocycles. The molecule has 0 saturated carbocycles. The lowest BCUT2D eigenvalue weighted by molar-refractivity contribution is -0.121. The van der Waals surface area contributed by atoms with Gasteiger partial charge >= 0.3 is 0 Å². The highest BCUT2D eigenvalue weighted by Gasteiger charge is 2.40. The Morgan fingerprint density at radius 2 is 1.57 bits per heavy atom. The summed E-state index contributed by atoms with van der Waals surface area (Å²) in [7, 11) is 0. The van der Waals surface area contributed by atoms with E-state index in [0.29, 0.717) is 11.4 Å². The first kappa shape index (κ1) is 20.2. The van der Waals surface area contributed by atoms with Crippen molar-refractivity contribution in [2.45, 2.75) is 26.3 Å². The van der Waals surface area contributed by atoms with Crippen molar-refractivity contribution in [2.24, 2.45) is 0 Å². The maximum absolute atomic E-state index is 12.9. The number of ether oxygens (including phenoxy) is 1. The molecule has 1 aliphatic rings. The third-order valence-electron chi connectivity index (χ3n) is 4.98. The van der Waals surface area contributed by atoms with Crippen LogP contribution >= 0.6 is 15.9 Å². The van der Waals surface area contributed by atoms with Crippen LogP contribution in [0.25, 0.3) is 0 Å². The van der Waals surface area contributed by atoms with E-state index in [-0.39, 0.29) is 18.2 Å². The minimum absolute atomic E-state index is 0.128. The third kappa shape index (κ3) is 4.24. The van der Waals surface area contributed by atoms with E-state index in [9.17, 15) is 9.59 Å². The Kier molecular flexibility index (Phi) is 5.59. The second-order valence-electron chi connectivity index (χ2n) is 7.34. The van der Waals surface area contributed by atoms with E-state index in [2.05, 4.69) is 21.2 Å². The predicted octanol–water partition coefficient (Wildman–Crippen LogP) is 5.60. The number of imide groups is 1. The first-order valence-electron chi connectivity index (χ1n) is 9.65. The van der Waals surface area contributed by atoms with Gasteiger partial charge < -0.3 is 10.1 Å². The molecule has 4 rings (SSSR count). The Balaban J connectivity index is 1.44. The number of nitrogens with zero attached hydrogens (tertiary/aromatic N) is 1. The van der Waals surface area contributed by atoms with Crippen LogP contribution in [0.3, 0.4) is 0 Å². The summed E-state index contributed by atoms with van der Waals surface area (Å²) in [4.78, 5) is 26.7. The number of nitrogens with one attached hydrogen (secondary N) is 1. The number of benzene rings is 3. The van der Waals surface area contributed by atoms with Gasteiger partial charge in [0, 0.05) is 10.2 Å². The first-order chi connectivity index (χ1) is 14.4. The van der Waals surface area contributed by atoms with Gasteiger partial charge in [0.25, 0.3) is 5.91 Å². The predicted molar refractivity (Wildman–Crippen MR) is 121 cm³/mol. The smallest absolute Gasteiger partial charge is 0.256 e. The fourth-order valence-electron chi connectivity index (χ4n) is 3.51. The SMILES string of the molecule is Cc1ccc(N2C(=O)C[C@H](Nc3ccc(Oc4ccc(Br)cc4)cc3)C2=O)c(C)c1. The summed E-state index contributed by atoms with van der Waals surface area (Å²) < 4.78 is 6.80. The fraction of sp³-hybridized carbons (Fsp3) is 0.167. The normalized spacial score (nSPS) is 16.1. The number of amides is 2. The monoisotopic (exact) mass is 464 g/mol. The standard InChI is InChI=1S/C24H21BrN2O3/c1-15-3-12-22(16(2)13-15)27-23(28)14-21(24(27)29)26-18-6-10-20(11-7-18)30-19-8-4-17(25)5-9-19/h3-13,21,26H,14H2,1-2H3/t21-/m0/s1. The van der Waals surface area contributed by atoms with Crippen molar-refractivity contribution in [3.8, 4) is 11.5 Å². The minimum atomic E-state index is -0.587. The highest BCUT2D eigenvalue weighted by atomic mass is 79.9. The number of halogens is 1. The van der Waals surface area contributed by atoms with Gasteiger partial charge in [0.2, 0.25) is 5.91 Å². The van der Waals surface area contributed by atoms with Crippen molar-refractivity contribution in [3.63, 3.8) is 0 Å². The minimum Gasteiger partial charge on any atom is -0.457 e. The van der Waals surface area contributed by atoms with Gasteiger partial charge in [0.15, 0.2) is 0 Å². The number of anilines is 2. The largest absolute Gasteiger partial charge is 0.457 e. The molecule has 0 bridgehead atoms. The Morgan fingerprint density at radius 3 is 2.20 bits per heavy atom. The second-order valence-corrected chi connectivity index (χ2v) is 8.25. The van der Waals surface area contributed by atoms with E-state index in [0.717, 1.165) is 27.0 Å². The zero-order valence-corrected chi connectivity index (χ0v) is 18.3. The molecule has 1 atom stereocenters. The maximum atomic E-state index is 12.9. The van der Waals surface area contributed by atoms with E-state index in [1.54, 1.807) is 0 Å². The van der Waals surface area contributed by atoms with Gasteiger partial charge in [-0.05, 0) is 74.0 Å². The molecule has 0 spiro atoms. The molecule has 3 aromatic carbocycles. The molecule has 30 heavy (non-hydrogen) atoms.